The normalized spacial score (nSPS) is 15.0. The number of imide groups is 1. The lowest BCUT2D eigenvalue weighted by atomic mass is 10.0. The van der Waals surface area contributed by atoms with E-state index < -0.39 is 23.6 Å². The molecule has 1 aliphatic rings. The van der Waals surface area contributed by atoms with Gasteiger partial charge in [0, 0.05) is 11.8 Å². The molecule has 0 bridgehead atoms. The standard InChI is InChI=1S/C23H23ClN4O5/c1-13(2)33-21(30)26-18-10-16(8-9-17(18)24)28-22(31)27(20(29)23(28,3)4)15-7-6-14(12-25)19(11-15)32-5/h6-11,13H,1-5H3,(H,26,30). The van der Waals surface area contributed by atoms with Gasteiger partial charge < -0.3 is 9.47 Å². The minimum Gasteiger partial charge on any atom is -0.495 e. The highest BCUT2D eigenvalue weighted by atomic mass is 35.5. The number of halogens is 1. The average Bonchev–Trinajstić information content (AvgIpc) is 2.92. The predicted octanol–water partition coefficient (Wildman–Crippen LogP) is 4.93. The molecule has 0 aromatic heterocycles. The molecule has 0 spiro atoms. The Balaban J connectivity index is 2.00. The number of hydrogen-bond acceptors (Lipinski definition) is 6. The Morgan fingerprint density at radius 1 is 1.15 bits per heavy atom. The van der Waals surface area contributed by atoms with Crippen LogP contribution in [-0.2, 0) is 9.53 Å². The average molecular weight is 471 g/mol. The summed E-state index contributed by atoms with van der Waals surface area (Å²) >= 11 is 6.21. The summed E-state index contributed by atoms with van der Waals surface area (Å²) in [6, 6.07) is 10.4. The fraction of sp³-hybridized carbons (Fsp3) is 0.304. The van der Waals surface area contributed by atoms with E-state index >= 15 is 0 Å². The number of nitriles is 1. The molecule has 0 aliphatic carbocycles. The van der Waals surface area contributed by atoms with Crippen molar-refractivity contribution in [2.45, 2.75) is 39.3 Å². The Morgan fingerprint density at radius 3 is 2.42 bits per heavy atom. The number of benzene rings is 2. The highest BCUT2D eigenvalue weighted by molar-refractivity contribution is 6.34. The molecule has 1 N–H and O–H groups in total. The lowest BCUT2D eigenvalue weighted by Gasteiger charge is -2.28. The molecule has 1 saturated heterocycles. The smallest absolute Gasteiger partial charge is 0.411 e. The maximum atomic E-state index is 13.4. The first-order chi connectivity index (χ1) is 15.5. The van der Waals surface area contributed by atoms with Crippen molar-refractivity contribution in [3.05, 3.63) is 47.0 Å². The van der Waals surface area contributed by atoms with E-state index in [0.29, 0.717) is 5.69 Å². The number of carbonyl (C=O) groups is 3. The number of carbonyl (C=O) groups excluding carboxylic acids is 3. The number of urea groups is 1. The van der Waals surface area contributed by atoms with Crippen LogP contribution in [0.1, 0.15) is 33.3 Å². The first-order valence-corrected chi connectivity index (χ1v) is 10.4. The first kappa shape index (κ1) is 23.9. The molecule has 33 heavy (non-hydrogen) atoms. The summed E-state index contributed by atoms with van der Waals surface area (Å²) in [6.45, 7) is 6.65. The van der Waals surface area contributed by atoms with E-state index in [2.05, 4.69) is 5.32 Å². The van der Waals surface area contributed by atoms with Gasteiger partial charge in [0.15, 0.2) is 0 Å². The van der Waals surface area contributed by atoms with Gasteiger partial charge in [-0.05, 0) is 58.0 Å². The van der Waals surface area contributed by atoms with Gasteiger partial charge in [-0.1, -0.05) is 11.6 Å². The molecule has 0 unspecified atom stereocenters. The summed E-state index contributed by atoms with van der Waals surface area (Å²) in [6.07, 6.45) is -1.03. The van der Waals surface area contributed by atoms with Crippen molar-refractivity contribution in [1.82, 2.24) is 0 Å². The highest BCUT2D eigenvalue weighted by Gasteiger charge is 2.52. The molecule has 10 heteroatoms. The van der Waals surface area contributed by atoms with E-state index in [9.17, 15) is 19.6 Å². The van der Waals surface area contributed by atoms with E-state index in [-0.39, 0.29) is 33.8 Å². The number of methoxy groups -OCH3 is 1. The van der Waals surface area contributed by atoms with Crippen LogP contribution < -0.4 is 19.9 Å². The molecule has 0 atom stereocenters. The second-order valence-electron chi connectivity index (χ2n) is 8.06. The highest BCUT2D eigenvalue weighted by Crippen LogP contribution is 2.39. The molecule has 0 radical (unpaired) electrons. The predicted molar refractivity (Wildman–Crippen MR) is 124 cm³/mol. The maximum Gasteiger partial charge on any atom is 0.411 e. The third-order valence-electron chi connectivity index (χ3n) is 5.02. The zero-order valence-corrected chi connectivity index (χ0v) is 19.6. The van der Waals surface area contributed by atoms with Crippen molar-refractivity contribution in [2.24, 2.45) is 0 Å². The summed E-state index contributed by atoms with van der Waals surface area (Å²) in [4.78, 5) is 41.1. The van der Waals surface area contributed by atoms with E-state index in [1.807, 2.05) is 6.07 Å². The van der Waals surface area contributed by atoms with Crippen LogP contribution in [0.2, 0.25) is 5.02 Å². The van der Waals surface area contributed by atoms with Crippen molar-refractivity contribution in [2.75, 3.05) is 22.2 Å². The van der Waals surface area contributed by atoms with Gasteiger partial charge in [0.1, 0.15) is 17.4 Å². The minimum absolute atomic E-state index is 0.231. The summed E-state index contributed by atoms with van der Waals surface area (Å²) < 4.78 is 10.3. The zero-order valence-electron chi connectivity index (χ0n) is 18.8. The summed E-state index contributed by atoms with van der Waals surface area (Å²) in [5, 5.41) is 12.0. The number of anilines is 3. The Morgan fingerprint density at radius 2 is 1.82 bits per heavy atom. The van der Waals surface area contributed by atoms with E-state index in [1.54, 1.807) is 33.8 Å². The summed E-state index contributed by atoms with van der Waals surface area (Å²) in [5.41, 5.74) is -0.121. The lowest BCUT2D eigenvalue weighted by Crippen LogP contribution is -2.44. The molecule has 1 fully saturated rings. The molecule has 0 saturated carbocycles. The van der Waals surface area contributed by atoms with Crippen LogP contribution in [-0.4, -0.2) is 36.8 Å². The van der Waals surface area contributed by atoms with E-state index in [4.69, 9.17) is 21.1 Å². The van der Waals surface area contributed by atoms with Gasteiger partial charge in [0.2, 0.25) is 0 Å². The first-order valence-electron chi connectivity index (χ1n) is 10.0. The van der Waals surface area contributed by atoms with Gasteiger partial charge in [0.05, 0.1) is 35.2 Å². The van der Waals surface area contributed by atoms with Crippen molar-refractivity contribution < 1.29 is 23.9 Å². The maximum absolute atomic E-state index is 13.4. The third-order valence-corrected chi connectivity index (χ3v) is 5.35. The van der Waals surface area contributed by atoms with Gasteiger partial charge in [0.25, 0.3) is 5.91 Å². The van der Waals surface area contributed by atoms with Gasteiger partial charge in [-0.2, -0.15) is 5.26 Å². The molecule has 4 amide bonds. The number of rotatable bonds is 5. The van der Waals surface area contributed by atoms with Crippen LogP contribution in [0.25, 0.3) is 0 Å². The number of amides is 4. The molecule has 1 aliphatic heterocycles. The summed E-state index contributed by atoms with van der Waals surface area (Å²) in [5.74, 6) is -0.226. The van der Waals surface area contributed by atoms with Crippen molar-refractivity contribution in [3.8, 4) is 11.8 Å². The molecule has 2 aromatic rings. The van der Waals surface area contributed by atoms with Crippen molar-refractivity contribution in [3.63, 3.8) is 0 Å². The van der Waals surface area contributed by atoms with Crippen molar-refractivity contribution in [1.29, 1.82) is 5.26 Å². The Labute approximate surface area is 196 Å². The minimum atomic E-state index is -1.25. The SMILES string of the molecule is COc1cc(N2C(=O)N(c3ccc(Cl)c(NC(=O)OC(C)C)c3)C(C)(C)C2=O)ccc1C#N. The Hall–Kier alpha value is -3.77. The van der Waals surface area contributed by atoms with Crippen LogP contribution in [0.5, 0.6) is 5.75 Å². The van der Waals surface area contributed by atoms with Gasteiger partial charge in [-0.3, -0.25) is 15.0 Å². The number of ether oxygens (including phenoxy) is 2. The van der Waals surface area contributed by atoms with E-state index in [0.717, 1.165) is 4.90 Å². The third kappa shape index (κ3) is 4.43. The van der Waals surface area contributed by atoms with Crippen molar-refractivity contribution >= 4 is 46.7 Å². The monoisotopic (exact) mass is 470 g/mol. The quantitative estimate of drug-likeness (QED) is 0.620. The van der Waals surface area contributed by atoms with Gasteiger partial charge in [-0.25, -0.2) is 14.5 Å². The number of nitrogens with one attached hydrogen (secondary N) is 1. The summed E-state index contributed by atoms with van der Waals surface area (Å²) in [7, 11) is 1.40. The molecule has 9 nitrogen and oxygen atoms in total. The Bertz CT molecular complexity index is 1170. The topological polar surface area (TPSA) is 112 Å². The second-order valence-corrected chi connectivity index (χ2v) is 8.46. The molecule has 3 rings (SSSR count). The van der Waals surface area contributed by atoms with E-state index in [1.165, 1.54) is 42.3 Å². The van der Waals surface area contributed by atoms with Gasteiger partial charge >= 0.3 is 12.1 Å². The largest absolute Gasteiger partial charge is 0.495 e. The molecule has 1 heterocycles. The van der Waals surface area contributed by atoms with Crippen LogP contribution in [0.4, 0.5) is 26.7 Å². The second kappa shape index (κ2) is 9.00. The lowest BCUT2D eigenvalue weighted by molar-refractivity contribution is -0.120. The van der Waals surface area contributed by atoms with Crippen LogP contribution in [0.15, 0.2) is 36.4 Å². The molecular formula is C23H23ClN4O5. The zero-order chi connectivity index (χ0) is 24.5. The number of nitrogens with zero attached hydrogens (tertiary/aromatic N) is 3. The fourth-order valence-electron chi connectivity index (χ4n) is 3.47. The molecule has 2 aromatic carbocycles. The van der Waals surface area contributed by atoms with Crippen LogP contribution >= 0.6 is 11.6 Å². The van der Waals surface area contributed by atoms with Crippen LogP contribution in [0.3, 0.4) is 0 Å². The van der Waals surface area contributed by atoms with Crippen LogP contribution in [0, 0.1) is 11.3 Å². The molecule has 172 valence electrons. The fourth-order valence-corrected chi connectivity index (χ4v) is 3.63. The Kier molecular flexibility index (Phi) is 6.51. The van der Waals surface area contributed by atoms with Gasteiger partial charge in [-0.15, -0.1) is 0 Å². The number of hydrogen-bond donors (Lipinski definition) is 1. The molecular weight excluding hydrogens is 448 g/mol.